The topological polar surface area (TPSA) is 8.17 Å². The Hall–Kier alpha value is -7.46. The highest BCUT2D eigenvalue weighted by atomic mass is 32.1. The summed E-state index contributed by atoms with van der Waals surface area (Å²) in [4.78, 5) is 2.43. The monoisotopic (exact) mass is 766 g/mol. The molecule has 0 unspecified atom stereocenters. The summed E-state index contributed by atoms with van der Waals surface area (Å²) < 4.78 is 5.05. The van der Waals surface area contributed by atoms with E-state index >= 15 is 0 Å². The molecule has 1 aliphatic carbocycles. The summed E-state index contributed by atoms with van der Waals surface area (Å²) in [6.45, 7) is 0. The number of hydrogen-bond acceptors (Lipinski definition) is 2. The summed E-state index contributed by atoms with van der Waals surface area (Å²) >= 11 is 1.88. The predicted octanol–water partition coefficient (Wildman–Crippen LogP) is 16.2. The van der Waals surface area contributed by atoms with Crippen molar-refractivity contribution in [1.29, 1.82) is 0 Å². The van der Waals surface area contributed by atoms with Crippen LogP contribution in [0.2, 0.25) is 0 Å². The molecule has 0 saturated carbocycles. The third-order valence-corrected chi connectivity index (χ3v) is 13.6. The van der Waals surface area contributed by atoms with Gasteiger partial charge in [-0.25, -0.2) is 0 Å². The van der Waals surface area contributed by atoms with Gasteiger partial charge in [0.05, 0.1) is 16.9 Å². The van der Waals surface area contributed by atoms with Crippen LogP contribution in [0.25, 0.3) is 103 Å². The number of anilines is 3. The van der Waals surface area contributed by atoms with E-state index in [1.54, 1.807) is 0 Å². The SMILES string of the molecule is c1ccc(-n2c3c(c4ccc(-c5ccc6c(c5)sc5cc(N(c7ccc8ccccc8c7)c7cccc8ccccc78)ccc56)cc42)-c2cccc4cccc-3c24)cc1. The van der Waals surface area contributed by atoms with E-state index in [4.69, 9.17) is 0 Å². The van der Waals surface area contributed by atoms with Gasteiger partial charge < -0.3 is 9.47 Å². The molecule has 0 atom stereocenters. The molecule has 0 saturated heterocycles. The fourth-order valence-corrected chi connectivity index (χ4v) is 11.0. The third-order valence-electron chi connectivity index (χ3n) is 12.5. The molecule has 274 valence electrons. The van der Waals surface area contributed by atoms with Crippen LogP contribution in [0.1, 0.15) is 0 Å². The van der Waals surface area contributed by atoms with Crippen LogP contribution in [-0.4, -0.2) is 4.57 Å². The van der Waals surface area contributed by atoms with Gasteiger partial charge in [0.15, 0.2) is 0 Å². The van der Waals surface area contributed by atoms with Crippen molar-refractivity contribution in [3.05, 3.63) is 206 Å². The number of para-hydroxylation sites is 1. The van der Waals surface area contributed by atoms with Crippen molar-refractivity contribution < 1.29 is 0 Å². The molecule has 1 aliphatic rings. The Morgan fingerprint density at radius 3 is 1.88 bits per heavy atom. The zero-order chi connectivity index (χ0) is 38.6. The first kappa shape index (κ1) is 32.6. The summed E-state index contributed by atoms with van der Waals surface area (Å²) in [5, 5.41) is 11.4. The van der Waals surface area contributed by atoms with Crippen LogP contribution in [0.3, 0.4) is 0 Å². The summed E-state index contributed by atoms with van der Waals surface area (Å²) in [6, 6.07) is 76.1. The van der Waals surface area contributed by atoms with Crippen LogP contribution in [0, 0.1) is 0 Å². The van der Waals surface area contributed by atoms with E-state index in [0.29, 0.717) is 0 Å². The van der Waals surface area contributed by atoms with Crippen LogP contribution < -0.4 is 4.90 Å². The van der Waals surface area contributed by atoms with Crippen LogP contribution in [0.5, 0.6) is 0 Å². The maximum absolute atomic E-state index is 2.49. The molecule has 2 nitrogen and oxygen atoms in total. The van der Waals surface area contributed by atoms with Crippen molar-refractivity contribution in [1.82, 2.24) is 4.57 Å². The summed E-state index contributed by atoms with van der Waals surface area (Å²) in [6.07, 6.45) is 0. The number of thiophene rings is 1. The summed E-state index contributed by atoms with van der Waals surface area (Å²) in [7, 11) is 0. The highest BCUT2D eigenvalue weighted by Crippen LogP contribution is 2.53. The molecule has 13 rings (SSSR count). The Kier molecular flexibility index (Phi) is 6.92. The highest BCUT2D eigenvalue weighted by Gasteiger charge is 2.29. The van der Waals surface area contributed by atoms with E-state index in [1.165, 1.54) is 108 Å². The molecule has 2 aromatic heterocycles. The quantitative estimate of drug-likeness (QED) is 0.169. The van der Waals surface area contributed by atoms with Crippen LogP contribution in [0.15, 0.2) is 206 Å². The summed E-state index contributed by atoms with van der Waals surface area (Å²) in [5.74, 6) is 0. The Morgan fingerprint density at radius 2 is 1.02 bits per heavy atom. The molecule has 0 radical (unpaired) electrons. The molecule has 12 aromatic rings. The van der Waals surface area contributed by atoms with Gasteiger partial charge in [0.1, 0.15) is 0 Å². The van der Waals surface area contributed by atoms with E-state index in [-0.39, 0.29) is 0 Å². The molecular formula is C56H34N2S. The van der Waals surface area contributed by atoms with Crippen LogP contribution in [0.4, 0.5) is 17.1 Å². The summed E-state index contributed by atoms with van der Waals surface area (Å²) in [5.41, 5.74) is 13.6. The first-order valence-electron chi connectivity index (χ1n) is 20.2. The number of fused-ring (bicyclic) bond motifs is 10. The smallest absolute Gasteiger partial charge is 0.0626 e. The normalized spacial score (nSPS) is 12.1. The average molecular weight is 767 g/mol. The number of hydrogen-bond donors (Lipinski definition) is 0. The molecular weight excluding hydrogens is 733 g/mol. The first-order valence-corrected chi connectivity index (χ1v) is 21.1. The van der Waals surface area contributed by atoms with Crippen LogP contribution in [-0.2, 0) is 0 Å². The lowest BCUT2D eigenvalue weighted by Gasteiger charge is -2.27. The minimum atomic E-state index is 1.14. The van der Waals surface area contributed by atoms with E-state index < -0.39 is 0 Å². The van der Waals surface area contributed by atoms with Gasteiger partial charge in [0, 0.05) is 59.1 Å². The fourth-order valence-electron chi connectivity index (χ4n) is 9.82. The highest BCUT2D eigenvalue weighted by molar-refractivity contribution is 7.25. The molecule has 0 spiro atoms. The Labute approximate surface area is 345 Å². The molecule has 0 amide bonds. The number of aromatic nitrogens is 1. The Balaban J connectivity index is 0.960. The second kappa shape index (κ2) is 12.5. The standard InChI is InChI=1S/C56H34N2S/c1-2-17-41(18-3-1)58-51-32-39(25-29-47(51)55-48-20-8-15-37-16-9-21-49(54(37)48)56(55)58)40-24-28-45-46-30-27-43(34-53(46)59-52(45)33-40)57(42-26-23-35-11-4-5-13-38(35)31-42)50-22-10-14-36-12-6-7-19-44(36)50/h1-34H. The fraction of sp³-hybridized carbons (Fsp3) is 0. The lowest BCUT2D eigenvalue weighted by Crippen LogP contribution is -2.10. The Morgan fingerprint density at radius 1 is 0.390 bits per heavy atom. The molecule has 59 heavy (non-hydrogen) atoms. The van der Waals surface area contributed by atoms with Gasteiger partial charge in [0.25, 0.3) is 0 Å². The first-order chi connectivity index (χ1) is 29.2. The van der Waals surface area contributed by atoms with Crippen molar-refractivity contribution in [3.8, 4) is 39.2 Å². The molecule has 3 heteroatoms. The number of rotatable bonds is 5. The largest absolute Gasteiger partial charge is 0.310 e. The maximum atomic E-state index is 2.49. The van der Waals surface area contributed by atoms with E-state index in [1.807, 2.05) is 11.3 Å². The van der Waals surface area contributed by atoms with E-state index in [0.717, 1.165) is 11.4 Å². The maximum Gasteiger partial charge on any atom is 0.0626 e. The van der Waals surface area contributed by atoms with Gasteiger partial charge in [-0.1, -0.05) is 152 Å². The molecule has 2 heterocycles. The molecule has 0 fully saturated rings. The van der Waals surface area contributed by atoms with Crippen LogP contribution >= 0.6 is 11.3 Å². The molecule has 0 bridgehead atoms. The van der Waals surface area contributed by atoms with Gasteiger partial charge in [-0.15, -0.1) is 11.3 Å². The van der Waals surface area contributed by atoms with Crippen molar-refractivity contribution in [3.63, 3.8) is 0 Å². The minimum absolute atomic E-state index is 1.14. The molecule has 10 aromatic carbocycles. The van der Waals surface area contributed by atoms with Crippen molar-refractivity contribution in [2.24, 2.45) is 0 Å². The van der Waals surface area contributed by atoms with Gasteiger partial charge in [-0.05, 0) is 98.2 Å². The van der Waals surface area contributed by atoms with Crippen molar-refractivity contribution in [2.75, 3.05) is 4.90 Å². The van der Waals surface area contributed by atoms with Gasteiger partial charge in [0.2, 0.25) is 0 Å². The van der Waals surface area contributed by atoms with Gasteiger partial charge in [-0.2, -0.15) is 0 Å². The third kappa shape index (κ3) is 4.86. The Bertz CT molecular complexity index is 3670. The van der Waals surface area contributed by atoms with Gasteiger partial charge in [-0.3, -0.25) is 0 Å². The predicted molar refractivity (Wildman–Crippen MR) is 253 cm³/mol. The van der Waals surface area contributed by atoms with Crippen molar-refractivity contribution >= 4 is 91.8 Å². The number of nitrogens with zero attached hydrogens (tertiary/aromatic N) is 2. The second-order valence-corrected chi connectivity index (χ2v) is 16.8. The lowest BCUT2D eigenvalue weighted by molar-refractivity contribution is 1.14. The van der Waals surface area contributed by atoms with Crippen molar-refractivity contribution in [2.45, 2.75) is 0 Å². The number of benzene rings is 10. The zero-order valence-electron chi connectivity index (χ0n) is 31.9. The minimum Gasteiger partial charge on any atom is -0.310 e. The van der Waals surface area contributed by atoms with E-state index in [9.17, 15) is 0 Å². The van der Waals surface area contributed by atoms with E-state index in [2.05, 4.69) is 216 Å². The molecule has 0 aliphatic heterocycles. The van der Waals surface area contributed by atoms with Gasteiger partial charge >= 0.3 is 0 Å². The molecule has 0 N–H and O–H groups in total. The lowest BCUT2D eigenvalue weighted by atomic mass is 9.99. The average Bonchev–Trinajstić information content (AvgIpc) is 3.94. The zero-order valence-corrected chi connectivity index (χ0v) is 32.7. The second-order valence-electron chi connectivity index (χ2n) is 15.7.